The van der Waals surface area contributed by atoms with Crippen LogP contribution in [0.3, 0.4) is 0 Å². The third kappa shape index (κ3) is 4.79. The standard InChI is InChI=1S/C32H48N2O2/c1-21-5-8-23(9-6-21)20-33-34-30(36)14-7-22(2)27-12-13-28-26-11-10-24-19-25(35)15-17-31(24,3)29(26)16-18-32(27,28)4/h5-6,8-9,20,22,24-29,35H,7,10-19H2,1-4H3,(H,34,36)/b33-20+/t22-,24+,25-,26+,27-,28+,29+,31+,32-/m1/s1. The summed E-state index contributed by atoms with van der Waals surface area (Å²) in [5, 5.41) is 14.5. The lowest BCUT2D eigenvalue weighted by atomic mass is 9.44. The molecule has 4 heteroatoms. The number of carbonyl (C=O) groups excluding carboxylic acids is 1. The summed E-state index contributed by atoms with van der Waals surface area (Å²) < 4.78 is 0. The first-order valence-electron chi connectivity index (χ1n) is 14.8. The Balaban J connectivity index is 1.16. The number of hydrogen-bond donors (Lipinski definition) is 2. The first kappa shape index (κ1) is 25.9. The van der Waals surface area contributed by atoms with Crippen molar-refractivity contribution in [3.05, 3.63) is 35.4 Å². The third-order valence-corrected chi connectivity index (χ3v) is 11.7. The van der Waals surface area contributed by atoms with Crippen LogP contribution in [0.1, 0.15) is 103 Å². The Kier molecular flexibility index (Phi) is 7.38. The molecule has 0 aliphatic heterocycles. The van der Waals surface area contributed by atoms with E-state index >= 15 is 0 Å². The molecule has 9 atom stereocenters. The van der Waals surface area contributed by atoms with E-state index in [1.807, 2.05) is 12.1 Å². The number of nitrogens with one attached hydrogen (secondary N) is 1. The summed E-state index contributed by atoms with van der Waals surface area (Å²) in [5.74, 6) is 4.63. The van der Waals surface area contributed by atoms with Gasteiger partial charge in [0, 0.05) is 6.42 Å². The van der Waals surface area contributed by atoms with Gasteiger partial charge in [0.15, 0.2) is 0 Å². The molecule has 0 spiro atoms. The Morgan fingerprint density at radius 2 is 1.78 bits per heavy atom. The molecule has 0 aromatic heterocycles. The highest BCUT2D eigenvalue weighted by molar-refractivity contribution is 5.82. The van der Waals surface area contributed by atoms with Gasteiger partial charge in [-0.15, -0.1) is 0 Å². The average molecular weight is 493 g/mol. The molecule has 1 aromatic carbocycles. The van der Waals surface area contributed by atoms with Crippen LogP contribution in [0.25, 0.3) is 0 Å². The second kappa shape index (κ2) is 10.2. The molecule has 4 aliphatic carbocycles. The summed E-state index contributed by atoms with van der Waals surface area (Å²) in [4.78, 5) is 12.5. The molecule has 0 radical (unpaired) electrons. The summed E-state index contributed by atoms with van der Waals surface area (Å²) in [6.07, 6.45) is 14.6. The summed E-state index contributed by atoms with van der Waals surface area (Å²) >= 11 is 0. The van der Waals surface area contributed by atoms with Gasteiger partial charge in [-0.05, 0) is 123 Å². The van der Waals surface area contributed by atoms with Crippen LogP contribution >= 0.6 is 0 Å². The monoisotopic (exact) mass is 492 g/mol. The van der Waals surface area contributed by atoms with E-state index in [4.69, 9.17) is 0 Å². The number of amides is 1. The number of nitrogens with zero attached hydrogens (tertiary/aromatic N) is 1. The SMILES string of the molecule is Cc1ccc(/C=N/NC(=O)CC[C@@H](C)[C@H]2CC[C@H]3[C@@H]4CC[C@H]5C[C@H](O)CC[C@]5(C)[C@H]4CC[C@]23C)cc1. The lowest BCUT2D eigenvalue weighted by Gasteiger charge is -2.61. The Morgan fingerprint density at radius 1 is 1.06 bits per heavy atom. The number of aliphatic hydroxyl groups excluding tert-OH is 1. The zero-order chi connectivity index (χ0) is 25.5. The van der Waals surface area contributed by atoms with Gasteiger partial charge in [-0.1, -0.05) is 50.6 Å². The van der Waals surface area contributed by atoms with E-state index in [1.165, 1.54) is 50.5 Å². The van der Waals surface area contributed by atoms with Crippen molar-refractivity contribution in [1.82, 2.24) is 5.43 Å². The predicted molar refractivity (Wildman–Crippen MR) is 147 cm³/mol. The van der Waals surface area contributed by atoms with Gasteiger partial charge >= 0.3 is 0 Å². The topological polar surface area (TPSA) is 61.7 Å². The maximum Gasteiger partial charge on any atom is 0.240 e. The lowest BCUT2D eigenvalue weighted by molar-refractivity contribution is -0.129. The molecule has 5 rings (SSSR count). The Hall–Kier alpha value is -1.68. The van der Waals surface area contributed by atoms with Crippen LogP contribution in [0.15, 0.2) is 29.4 Å². The van der Waals surface area contributed by atoms with E-state index in [-0.39, 0.29) is 12.0 Å². The maximum absolute atomic E-state index is 12.5. The molecule has 198 valence electrons. The van der Waals surface area contributed by atoms with Gasteiger partial charge in [0.25, 0.3) is 0 Å². The Labute approximate surface area is 218 Å². The van der Waals surface area contributed by atoms with Gasteiger partial charge in [-0.3, -0.25) is 4.79 Å². The highest BCUT2D eigenvalue weighted by Gasteiger charge is 2.60. The van der Waals surface area contributed by atoms with Crippen molar-refractivity contribution in [3.8, 4) is 0 Å². The molecule has 4 saturated carbocycles. The Morgan fingerprint density at radius 3 is 2.56 bits per heavy atom. The smallest absolute Gasteiger partial charge is 0.240 e. The molecular formula is C32H48N2O2. The van der Waals surface area contributed by atoms with E-state index in [2.05, 4.69) is 50.4 Å². The van der Waals surface area contributed by atoms with E-state index in [0.717, 1.165) is 54.4 Å². The summed E-state index contributed by atoms with van der Waals surface area (Å²) in [6, 6.07) is 8.14. The number of fused-ring (bicyclic) bond motifs is 5. The van der Waals surface area contributed by atoms with Crippen LogP contribution in [0, 0.1) is 53.3 Å². The van der Waals surface area contributed by atoms with Crippen molar-refractivity contribution in [2.45, 2.75) is 104 Å². The zero-order valence-electron chi connectivity index (χ0n) is 23.0. The fraction of sp³-hybridized carbons (Fsp3) is 0.750. The van der Waals surface area contributed by atoms with Gasteiger partial charge in [-0.25, -0.2) is 5.43 Å². The normalized spacial score (nSPS) is 40.8. The van der Waals surface area contributed by atoms with Crippen LogP contribution in [0.2, 0.25) is 0 Å². The van der Waals surface area contributed by atoms with Crippen molar-refractivity contribution in [3.63, 3.8) is 0 Å². The van der Waals surface area contributed by atoms with Crippen LogP contribution in [0.4, 0.5) is 0 Å². The molecular weight excluding hydrogens is 444 g/mol. The summed E-state index contributed by atoms with van der Waals surface area (Å²) in [7, 11) is 0. The second-order valence-electron chi connectivity index (χ2n) is 13.5. The summed E-state index contributed by atoms with van der Waals surface area (Å²) in [6.45, 7) is 9.65. The number of hydrazone groups is 1. The zero-order valence-corrected chi connectivity index (χ0v) is 23.0. The quantitative estimate of drug-likeness (QED) is 0.336. The van der Waals surface area contributed by atoms with Crippen LogP contribution in [0.5, 0.6) is 0 Å². The molecule has 4 aliphatic rings. The highest BCUT2D eigenvalue weighted by atomic mass is 16.3. The first-order valence-corrected chi connectivity index (χ1v) is 14.8. The predicted octanol–water partition coefficient (Wildman–Crippen LogP) is 6.88. The van der Waals surface area contributed by atoms with E-state index in [1.54, 1.807) is 6.21 Å². The fourth-order valence-corrected chi connectivity index (χ4v) is 9.66. The number of aliphatic hydroxyl groups is 1. The van der Waals surface area contributed by atoms with E-state index in [9.17, 15) is 9.90 Å². The minimum atomic E-state index is -0.0595. The minimum Gasteiger partial charge on any atom is -0.393 e. The molecule has 0 heterocycles. The van der Waals surface area contributed by atoms with Gasteiger partial charge in [0.05, 0.1) is 12.3 Å². The molecule has 0 unspecified atom stereocenters. The van der Waals surface area contributed by atoms with Crippen LogP contribution in [-0.4, -0.2) is 23.3 Å². The highest BCUT2D eigenvalue weighted by Crippen LogP contribution is 2.68. The van der Waals surface area contributed by atoms with Crippen molar-refractivity contribution < 1.29 is 9.90 Å². The first-order chi connectivity index (χ1) is 17.2. The minimum absolute atomic E-state index is 0.0272. The second-order valence-corrected chi connectivity index (χ2v) is 13.5. The fourth-order valence-electron chi connectivity index (χ4n) is 9.66. The molecule has 4 nitrogen and oxygen atoms in total. The van der Waals surface area contributed by atoms with Crippen LogP contribution in [-0.2, 0) is 4.79 Å². The average Bonchev–Trinajstić information content (AvgIpc) is 3.21. The van der Waals surface area contributed by atoms with Crippen molar-refractivity contribution in [1.29, 1.82) is 0 Å². The maximum atomic E-state index is 12.5. The number of rotatable bonds is 6. The molecule has 0 bridgehead atoms. The van der Waals surface area contributed by atoms with E-state index < -0.39 is 0 Å². The van der Waals surface area contributed by atoms with Crippen molar-refractivity contribution >= 4 is 12.1 Å². The van der Waals surface area contributed by atoms with Gasteiger partial charge in [0.1, 0.15) is 0 Å². The third-order valence-electron chi connectivity index (χ3n) is 11.7. The number of aryl methyl sites for hydroxylation is 1. The van der Waals surface area contributed by atoms with Gasteiger partial charge in [-0.2, -0.15) is 5.10 Å². The molecule has 1 amide bonds. The molecule has 0 saturated heterocycles. The van der Waals surface area contributed by atoms with E-state index in [0.29, 0.717) is 23.2 Å². The molecule has 4 fully saturated rings. The van der Waals surface area contributed by atoms with Gasteiger partial charge < -0.3 is 5.11 Å². The molecule has 2 N–H and O–H groups in total. The molecule has 36 heavy (non-hydrogen) atoms. The molecule has 1 aromatic rings. The largest absolute Gasteiger partial charge is 0.393 e. The lowest BCUT2D eigenvalue weighted by Crippen LogP contribution is -2.54. The Bertz CT molecular complexity index is 957. The van der Waals surface area contributed by atoms with Gasteiger partial charge in [0.2, 0.25) is 5.91 Å². The number of carbonyl (C=O) groups is 1. The summed E-state index contributed by atoms with van der Waals surface area (Å²) in [5.41, 5.74) is 5.84. The van der Waals surface area contributed by atoms with Crippen LogP contribution < -0.4 is 5.43 Å². The van der Waals surface area contributed by atoms with Crippen molar-refractivity contribution in [2.75, 3.05) is 0 Å². The number of hydrogen-bond acceptors (Lipinski definition) is 3. The number of benzene rings is 1. The van der Waals surface area contributed by atoms with Crippen molar-refractivity contribution in [2.24, 2.45) is 51.4 Å².